The smallest absolute Gasteiger partial charge is 0.251 e. The summed E-state index contributed by atoms with van der Waals surface area (Å²) < 4.78 is 25.6. The number of nitrogens with one attached hydrogen (secondary N) is 3. The van der Waals surface area contributed by atoms with E-state index in [4.69, 9.17) is 0 Å². The summed E-state index contributed by atoms with van der Waals surface area (Å²) in [6, 6.07) is 6.52. The van der Waals surface area contributed by atoms with Crippen LogP contribution in [0, 0.1) is 0 Å². The molecule has 3 N–H and O–H groups in total. The lowest BCUT2D eigenvalue weighted by molar-refractivity contribution is -0.114. The first-order valence-electron chi connectivity index (χ1n) is 7.47. The van der Waals surface area contributed by atoms with Gasteiger partial charge in [-0.1, -0.05) is 19.4 Å². The van der Waals surface area contributed by atoms with Crippen LogP contribution in [-0.2, 0) is 14.8 Å². The molecule has 0 spiro atoms. The van der Waals surface area contributed by atoms with E-state index in [0.717, 1.165) is 6.42 Å². The second-order valence-corrected chi connectivity index (χ2v) is 7.01. The molecule has 0 atom stereocenters. The standard InChI is InChI=1S/C15H23N3O4S/c1-3-4-10-23(21,22)17-9-8-16-15(20)13-6-5-7-14(11-13)18-12(2)19/h5-7,11,17H,3-4,8-10H2,1-2H3,(H,16,20)(H,18,19). The van der Waals surface area contributed by atoms with Crippen molar-refractivity contribution in [3.8, 4) is 0 Å². The number of amides is 2. The molecule has 23 heavy (non-hydrogen) atoms. The number of unbranched alkanes of at least 4 members (excludes halogenated alkanes) is 1. The zero-order valence-corrected chi connectivity index (χ0v) is 14.2. The van der Waals surface area contributed by atoms with Gasteiger partial charge in [0.1, 0.15) is 0 Å². The molecule has 2 amide bonds. The van der Waals surface area contributed by atoms with Crippen LogP contribution in [0.5, 0.6) is 0 Å². The van der Waals surface area contributed by atoms with Crippen LogP contribution in [-0.4, -0.2) is 39.1 Å². The molecule has 0 bridgehead atoms. The van der Waals surface area contributed by atoms with Gasteiger partial charge in [-0.15, -0.1) is 0 Å². The van der Waals surface area contributed by atoms with Gasteiger partial charge < -0.3 is 10.6 Å². The molecule has 0 heterocycles. The number of carbonyl (C=O) groups is 2. The van der Waals surface area contributed by atoms with E-state index in [2.05, 4.69) is 15.4 Å². The maximum absolute atomic E-state index is 12.0. The number of carbonyl (C=O) groups excluding carboxylic acids is 2. The predicted molar refractivity (Wildman–Crippen MR) is 89.8 cm³/mol. The minimum Gasteiger partial charge on any atom is -0.351 e. The molecule has 8 heteroatoms. The van der Waals surface area contributed by atoms with Crippen LogP contribution in [0.1, 0.15) is 37.0 Å². The molecular formula is C15H23N3O4S. The largest absolute Gasteiger partial charge is 0.351 e. The average molecular weight is 341 g/mol. The minimum atomic E-state index is -3.28. The highest BCUT2D eigenvalue weighted by Crippen LogP contribution is 2.10. The van der Waals surface area contributed by atoms with E-state index >= 15 is 0 Å². The van der Waals surface area contributed by atoms with Crippen LogP contribution in [0.2, 0.25) is 0 Å². The first kappa shape index (κ1) is 19.1. The van der Waals surface area contributed by atoms with Crippen molar-refractivity contribution in [3.05, 3.63) is 29.8 Å². The Balaban J connectivity index is 2.44. The summed E-state index contributed by atoms with van der Waals surface area (Å²) in [4.78, 5) is 23.0. The summed E-state index contributed by atoms with van der Waals surface area (Å²) in [7, 11) is -3.28. The molecule has 128 valence electrons. The fraction of sp³-hybridized carbons (Fsp3) is 0.467. The van der Waals surface area contributed by atoms with Gasteiger partial charge in [-0.25, -0.2) is 13.1 Å². The van der Waals surface area contributed by atoms with Gasteiger partial charge in [0.05, 0.1) is 5.75 Å². The van der Waals surface area contributed by atoms with E-state index in [0.29, 0.717) is 17.7 Å². The van der Waals surface area contributed by atoms with Crippen LogP contribution in [0.15, 0.2) is 24.3 Å². The molecule has 0 radical (unpaired) electrons. The van der Waals surface area contributed by atoms with Gasteiger partial charge in [-0.05, 0) is 24.6 Å². The fourth-order valence-electron chi connectivity index (χ4n) is 1.83. The van der Waals surface area contributed by atoms with Gasteiger partial charge in [0.2, 0.25) is 15.9 Å². The van der Waals surface area contributed by atoms with Crippen molar-refractivity contribution in [2.75, 3.05) is 24.2 Å². The maximum atomic E-state index is 12.0. The molecule has 7 nitrogen and oxygen atoms in total. The van der Waals surface area contributed by atoms with Crippen molar-refractivity contribution in [2.45, 2.75) is 26.7 Å². The van der Waals surface area contributed by atoms with Crippen molar-refractivity contribution >= 4 is 27.5 Å². The second-order valence-electron chi connectivity index (χ2n) is 5.08. The average Bonchev–Trinajstić information content (AvgIpc) is 2.49. The van der Waals surface area contributed by atoms with E-state index in [-0.39, 0.29) is 30.7 Å². The Bertz CT molecular complexity index is 644. The van der Waals surface area contributed by atoms with E-state index < -0.39 is 10.0 Å². The SMILES string of the molecule is CCCCS(=O)(=O)NCCNC(=O)c1cccc(NC(C)=O)c1. The molecule has 0 aliphatic heterocycles. The summed E-state index contributed by atoms with van der Waals surface area (Å²) in [6.45, 7) is 3.64. The second kappa shape index (κ2) is 9.26. The number of anilines is 1. The fourth-order valence-corrected chi connectivity index (χ4v) is 3.06. The predicted octanol–water partition coefficient (Wildman–Crippen LogP) is 1.09. The zero-order valence-electron chi connectivity index (χ0n) is 13.4. The van der Waals surface area contributed by atoms with Crippen LogP contribution in [0.25, 0.3) is 0 Å². The zero-order chi connectivity index (χ0) is 17.3. The summed E-state index contributed by atoms with van der Waals surface area (Å²) in [6.07, 6.45) is 1.42. The van der Waals surface area contributed by atoms with E-state index in [1.165, 1.54) is 6.92 Å². The highest BCUT2D eigenvalue weighted by molar-refractivity contribution is 7.89. The van der Waals surface area contributed by atoms with Gasteiger partial charge in [0, 0.05) is 31.3 Å². The van der Waals surface area contributed by atoms with Crippen LogP contribution in [0.4, 0.5) is 5.69 Å². The number of hydrogen-bond donors (Lipinski definition) is 3. The Morgan fingerprint density at radius 3 is 2.57 bits per heavy atom. The van der Waals surface area contributed by atoms with Crippen LogP contribution in [0.3, 0.4) is 0 Å². The minimum absolute atomic E-state index is 0.0935. The summed E-state index contributed by atoms with van der Waals surface area (Å²) >= 11 is 0. The molecule has 0 aliphatic rings. The van der Waals surface area contributed by atoms with Gasteiger partial charge in [0.15, 0.2) is 0 Å². The quantitative estimate of drug-likeness (QED) is 0.585. The first-order valence-corrected chi connectivity index (χ1v) is 9.12. The summed E-state index contributed by atoms with van der Waals surface area (Å²) in [5, 5.41) is 5.23. The molecule has 1 aromatic rings. The number of hydrogen-bond acceptors (Lipinski definition) is 4. The number of benzene rings is 1. The molecule has 0 saturated heterocycles. The van der Waals surface area contributed by atoms with Crippen molar-refractivity contribution in [1.82, 2.24) is 10.0 Å². The Hall–Kier alpha value is -1.93. The van der Waals surface area contributed by atoms with Gasteiger partial charge >= 0.3 is 0 Å². The van der Waals surface area contributed by atoms with Gasteiger partial charge in [-0.3, -0.25) is 9.59 Å². The third-order valence-electron chi connectivity index (χ3n) is 2.94. The lowest BCUT2D eigenvalue weighted by Crippen LogP contribution is -2.35. The van der Waals surface area contributed by atoms with Gasteiger partial charge in [-0.2, -0.15) is 0 Å². The van der Waals surface area contributed by atoms with E-state index in [1.807, 2.05) is 6.92 Å². The van der Waals surface area contributed by atoms with E-state index in [1.54, 1.807) is 24.3 Å². The Morgan fingerprint density at radius 2 is 1.91 bits per heavy atom. The maximum Gasteiger partial charge on any atom is 0.251 e. The van der Waals surface area contributed by atoms with Crippen LogP contribution < -0.4 is 15.4 Å². The Kier molecular flexibility index (Phi) is 7.70. The van der Waals surface area contributed by atoms with Crippen molar-refractivity contribution in [3.63, 3.8) is 0 Å². The summed E-state index contributed by atoms with van der Waals surface area (Å²) in [5.74, 6) is -0.454. The molecule has 0 unspecified atom stereocenters. The van der Waals surface area contributed by atoms with Crippen LogP contribution >= 0.6 is 0 Å². The van der Waals surface area contributed by atoms with Gasteiger partial charge in [0.25, 0.3) is 5.91 Å². The normalized spacial score (nSPS) is 11.0. The van der Waals surface area contributed by atoms with Crippen molar-refractivity contribution in [2.24, 2.45) is 0 Å². The highest BCUT2D eigenvalue weighted by Gasteiger charge is 2.09. The lowest BCUT2D eigenvalue weighted by atomic mass is 10.2. The van der Waals surface area contributed by atoms with Crippen molar-refractivity contribution < 1.29 is 18.0 Å². The molecule has 1 aromatic carbocycles. The molecular weight excluding hydrogens is 318 g/mol. The monoisotopic (exact) mass is 341 g/mol. The summed E-state index contributed by atoms with van der Waals surface area (Å²) in [5.41, 5.74) is 0.926. The Labute approximate surface area is 136 Å². The molecule has 0 saturated carbocycles. The molecule has 0 fully saturated rings. The molecule has 0 aliphatic carbocycles. The molecule has 1 rings (SSSR count). The third kappa shape index (κ3) is 7.75. The first-order chi connectivity index (χ1) is 10.8. The molecule has 0 aromatic heterocycles. The lowest BCUT2D eigenvalue weighted by Gasteiger charge is -2.09. The Morgan fingerprint density at radius 1 is 1.17 bits per heavy atom. The third-order valence-corrected chi connectivity index (χ3v) is 4.41. The van der Waals surface area contributed by atoms with Crippen molar-refractivity contribution in [1.29, 1.82) is 0 Å². The number of rotatable bonds is 9. The van der Waals surface area contributed by atoms with E-state index in [9.17, 15) is 18.0 Å². The number of sulfonamides is 1. The highest BCUT2D eigenvalue weighted by atomic mass is 32.2. The topological polar surface area (TPSA) is 104 Å².